The van der Waals surface area contributed by atoms with Gasteiger partial charge in [-0.05, 0) is 39.5 Å². The molecular weight excluding hydrogens is 272 g/mol. The molecule has 2 aromatic rings. The summed E-state index contributed by atoms with van der Waals surface area (Å²) in [5, 5.41) is 0. The van der Waals surface area contributed by atoms with Crippen LogP contribution in [0.4, 0.5) is 0 Å². The monoisotopic (exact) mass is 282 g/mol. The minimum Gasteiger partial charge on any atom is -0.0984 e. The van der Waals surface area contributed by atoms with Gasteiger partial charge < -0.3 is 0 Å². The molecule has 1 aliphatic carbocycles. The van der Waals surface area contributed by atoms with Gasteiger partial charge in [-0.2, -0.15) is 0 Å². The van der Waals surface area contributed by atoms with E-state index in [4.69, 9.17) is 0 Å². The van der Waals surface area contributed by atoms with Gasteiger partial charge in [0.05, 0.1) is 0 Å². The van der Waals surface area contributed by atoms with Gasteiger partial charge in [0.1, 0.15) is 0 Å². The fraction of sp³-hybridized carbons (Fsp3) is 0. The molecule has 0 spiro atoms. The molecule has 0 bridgehead atoms. The lowest BCUT2D eigenvalue weighted by molar-refractivity contribution is 1.57. The summed E-state index contributed by atoms with van der Waals surface area (Å²) in [6, 6.07) is 12.6. The molecule has 0 amide bonds. The minimum absolute atomic E-state index is 1.07. The molecule has 1 aliphatic rings. The molecule has 3 rings (SSSR count). The molecule has 2 aromatic carbocycles. The third-order valence-electron chi connectivity index (χ3n) is 3.24. The van der Waals surface area contributed by atoms with Gasteiger partial charge in [-0.1, -0.05) is 65.5 Å². The highest BCUT2D eigenvalue weighted by molar-refractivity contribution is 9.10. The van der Waals surface area contributed by atoms with Crippen molar-refractivity contribution in [3.63, 3.8) is 0 Å². The maximum Gasteiger partial charge on any atom is 0.0254 e. The summed E-state index contributed by atoms with van der Waals surface area (Å²) in [5.41, 5.74) is 7.17. The summed E-state index contributed by atoms with van der Waals surface area (Å²) in [5.74, 6) is 0. The van der Waals surface area contributed by atoms with Crippen LogP contribution in [0.1, 0.15) is 16.7 Å². The quantitative estimate of drug-likeness (QED) is 0.580. The van der Waals surface area contributed by atoms with Gasteiger partial charge in [-0.15, -0.1) is 0 Å². The molecule has 0 unspecified atom stereocenters. The molecule has 0 heterocycles. The molecule has 1 heteroatoms. The summed E-state index contributed by atoms with van der Waals surface area (Å²) in [6.45, 7) is 8.11. The molecule has 0 aromatic heterocycles. The van der Waals surface area contributed by atoms with Crippen LogP contribution >= 0.6 is 15.9 Å². The largest absolute Gasteiger partial charge is 0.0984 e. The third kappa shape index (κ3) is 1.36. The van der Waals surface area contributed by atoms with Crippen LogP contribution in [0.5, 0.6) is 0 Å². The lowest BCUT2D eigenvalue weighted by Gasteiger charge is -2.07. The molecule has 0 atom stereocenters. The van der Waals surface area contributed by atoms with E-state index in [1.54, 1.807) is 0 Å². The van der Waals surface area contributed by atoms with Crippen molar-refractivity contribution in [3.8, 4) is 11.1 Å². The molecule has 0 saturated carbocycles. The molecule has 0 radical (unpaired) electrons. The van der Waals surface area contributed by atoms with E-state index in [0.717, 1.165) is 15.6 Å². The van der Waals surface area contributed by atoms with Crippen molar-refractivity contribution in [1.29, 1.82) is 0 Å². The topological polar surface area (TPSA) is 0 Å². The number of fused-ring (bicyclic) bond motifs is 3. The summed E-state index contributed by atoms with van der Waals surface area (Å²) in [6.07, 6.45) is 1.89. The van der Waals surface area contributed by atoms with Crippen molar-refractivity contribution in [2.75, 3.05) is 0 Å². The van der Waals surface area contributed by atoms with Crippen LogP contribution in [-0.2, 0) is 0 Å². The average molecular weight is 283 g/mol. The van der Waals surface area contributed by atoms with E-state index in [1.807, 2.05) is 6.08 Å². The Morgan fingerprint density at radius 3 is 2.35 bits per heavy atom. The Morgan fingerprint density at radius 1 is 0.941 bits per heavy atom. The fourth-order valence-corrected chi connectivity index (χ4v) is 2.95. The Morgan fingerprint density at radius 2 is 1.65 bits per heavy atom. The Labute approximate surface area is 109 Å². The molecule has 82 valence electrons. The van der Waals surface area contributed by atoms with Gasteiger partial charge >= 0.3 is 0 Å². The maximum absolute atomic E-state index is 4.22. The smallest absolute Gasteiger partial charge is 0.0254 e. The first kappa shape index (κ1) is 10.5. The first-order chi connectivity index (χ1) is 8.24. The second-order valence-electron chi connectivity index (χ2n) is 4.11. The van der Waals surface area contributed by atoms with Gasteiger partial charge in [0.2, 0.25) is 0 Å². The number of halogens is 1. The van der Waals surface area contributed by atoms with Crippen molar-refractivity contribution in [3.05, 3.63) is 70.7 Å². The zero-order chi connectivity index (χ0) is 12.0. The highest BCUT2D eigenvalue weighted by atomic mass is 79.9. The zero-order valence-corrected chi connectivity index (χ0v) is 10.9. The van der Waals surface area contributed by atoms with Crippen LogP contribution in [0.2, 0.25) is 0 Å². The van der Waals surface area contributed by atoms with Crippen molar-refractivity contribution >= 4 is 27.6 Å². The maximum atomic E-state index is 4.22. The lowest BCUT2D eigenvalue weighted by atomic mass is 9.99. The molecule has 0 fully saturated rings. The molecule has 0 saturated heterocycles. The predicted octanol–water partition coefficient (Wildman–Crippen LogP) is 5.13. The van der Waals surface area contributed by atoms with Crippen molar-refractivity contribution in [2.45, 2.75) is 0 Å². The van der Waals surface area contributed by atoms with Gasteiger partial charge in [0, 0.05) is 4.47 Å². The van der Waals surface area contributed by atoms with E-state index in [9.17, 15) is 0 Å². The highest BCUT2D eigenvalue weighted by Gasteiger charge is 2.24. The molecule has 0 nitrogen and oxygen atoms in total. The van der Waals surface area contributed by atoms with E-state index in [1.165, 1.54) is 22.3 Å². The van der Waals surface area contributed by atoms with Crippen LogP contribution in [-0.4, -0.2) is 0 Å². The minimum atomic E-state index is 1.07. The van der Waals surface area contributed by atoms with Crippen LogP contribution in [0, 0.1) is 0 Å². The lowest BCUT2D eigenvalue weighted by Crippen LogP contribution is -1.86. The first-order valence-electron chi connectivity index (χ1n) is 5.48. The summed E-state index contributed by atoms with van der Waals surface area (Å²) >= 11 is 3.57. The van der Waals surface area contributed by atoms with Gasteiger partial charge in [-0.3, -0.25) is 0 Å². The van der Waals surface area contributed by atoms with E-state index in [0.29, 0.717) is 0 Å². The number of benzene rings is 2. The summed E-state index contributed by atoms with van der Waals surface area (Å²) < 4.78 is 1.07. The molecule has 0 aliphatic heterocycles. The fourth-order valence-electron chi connectivity index (χ4n) is 2.46. The third-order valence-corrected chi connectivity index (χ3v) is 3.93. The number of hydrogen-bond acceptors (Lipinski definition) is 0. The molecule has 17 heavy (non-hydrogen) atoms. The second kappa shape index (κ2) is 3.71. The summed E-state index contributed by atoms with van der Waals surface area (Å²) in [7, 11) is 0. The van der Waals surface area contributed by atoms with Gasteiger partial charge in [-0.25, -0.2) is 0 Å². The molecular formula is C16H11Br. The van der Waals surface area contributed by atoms with Crippen LogP contribution in [0.15, 0.2) is 54.0 Å². The first-order valence-corrected chi connectivity index (χ1v) is 6.27. The standard InChI is InChI=1S/C16H11Br/c1-3-11-15(17)9-8-14-13-7-5-4-6-12(13)10(2)16(11)14/h3-9H,1-2H2. The van der Waals surface area contributed by atoms with Crippen molar-refractivity contribution in [1.82, 2.24) is 0 Å². The summed E-state index contributed by atoms with van der Waals surface area (Å²) in [4.78, 5) is 0. The normalized spacial score (nSPS) is 12.2. The highest BCUT2D eigenvalue weighted by Crippen LogP contribution is 2.46. The Hall–Kier alpha value is -1.60. The Kier molecular flexibility index (Phi) is 2.30. The van der Waals surface area contributed by atoms with E-state index in [-0.39, 0.29) is 0 Å². The zero-order valence-electron chi connectivity index (χ0n) is 9.33. The van der Waals surface area contributed by atoms with Crippen molar-refractivity contribution < 1.29 is 0 Å². The predicted molar refractivity (Wildman–Crippen MR) is 77.8 cm³/mol. The van der Waals surface area contributed by atoms with Gasteiger partial charge in [0.25, 0.3) is 0 Å². The Balaban J connectivity index is 2.42. The molecule has 0 N–H and O–H groups in total. The Bertz CT molecular complexity index is 651. The van der Waals surface area contributed by atoms with Crippen LogP contribution < -0.4 is 0 Å². The van der Waals surface area contributed by atoms with E-state index in [2.05, 4.69) is 65.5 Å². The van der Waals surface area contributed by atoms with Crippen LogP contribution in [0.3, 0.4) is 0 Å². The van der Waals surface area contributed by atoms with E-state index >= 15 is 0 Å². The number of rotatable bonds is 1. The van der Waals surface area contributed by atoms with E-state index < -0.39 is 0 Å². The van der Waals surface area contributed by atoms with Crippen LogP contribution in [0.25, 0.3) is 22.8 Å². The van der Waals surface area contributed by atoms with Gasteiger partial charge in [0.15, 0.2) is 0 Å². The second-order valence-corrected chi connectivity index (χ2v) is 4.97. The SMILES string of the molecule is C=Cc1c(Br)ccc2c1C(=C)c1ccccc1-2. The average Bonchev–Trinajstić information content (AvgIpc) is 2.64. The number of hydrogen-bond donors (Lipinski definition) is 0. The van der Waals surface area contributed by atoms with Crippen molar-refractivity contribution in [2.24, 2.45) is 0 Å².